The number of carbonyl (C=O) groups is 1. The third kappa shape index (κ3) is 5.03. The summed E-state index contributed by atoms with van der Waals surface area (Å²) in [6, 6.07) is 14.4. The molecule has 0 saturated carbocycles. The van der Waals surface area contributed by atoms with Crippen LogP contribution in [-0.2, 0) is 12.6 Å². The number of benzene rings is 2. The molecule has 4 rings (SSSR count). The fourth-order valence-electron chi connectivity index (χ4n) is 3.14. The molecule has 0 spiro atoms. The number of aromatic nitrogens is 1. The molecule has 0 fully saturated rings. The Morgan fingerprint density at radius 3 is 2.72 bits per heavy atom. The molecule has 164 valence electrons. The minimum absolute atomic E-state index is 0.0426. The minimum atomic E-state index is -4.60. The van der Waals surface area contributed by atoms with E-state index >= 15 is 0 Å². The smallest absolute Gasteiger partial charge is 0.417 e. The number of aryl methyl sites for hydroxylation is 1. The zero-order valence-electron chi connectivity index (χ0n) is 16.7. The fraction of sp³-hybridized carbons (Fsp3) is 0.130. The molecule has 0 bridgehead atoms. The van der Waals surface area contributed by atoms with Crippen molar-refractivity contribution in [2.45, 2.75) is 19.5 Å². The first kappa shape index (κ1) is 22.1. The van der Waals surface area contributed by atoms with E-state index in [0.717, 1.165) is 28.1 Å². The molecule has 0 aliphatic heterocycles. The third-order valence-corrected chi connectivity index (χ3v) is 5.86. The van der Waals surface area contributed by atoms with Crippen LogP contribution in [0.4, 0.5) is 18.3 Å². The van der Waals surface area contributed by atoms with Gasteiger partial charge in [0.1, 0.15) is 5.76 Å². The molecule has 0 aliphatic rings. The summed E-state index contributed by atoms with van der Waals surface area (Å²) in [6.45, 7) is 2.02. The number of amides is 1. The fourth-order valence-corrected chi connectivity index (χ4v) is 4.21. The summed E-state index contributed by atoms with van der Waals surface area (Å²) in [5.74, 6) is -0.465. The van der Waals surface area contributed by atoms with Crippen LogP contribution in [0.2, 0.25) is 5.02 Å². The van der Waals surface area contributed by atoms with Crippen LogP contribution in [0.25, 0.3) is 11.3 Å². The van der Waals surface area contributed by atoms with Gasteiger partial charge in [-0.05, 0) is 42.8 Å². The Bertz CT molecular complexity index is 1280. The van der Waals surface area contributed by atoms with E-state index in [1.165, 1.54) is 29.5 Å². The first-order valence-electron chi connectivity index (χ1n) is 9.47. The molecule has 4 nitrogen and oxygen atoms in total. The van der Waals surface area contributed by atoms with Gasteiger partial charge in [0.2, 0.25) is 0 Å². The van der Waals surface area contributed by atoms with Crippen LogP contribution >= 0.6 is 22.9 Å². The molecule has 0 radical (unpaired) electrons. The van der Waals surface area contributed by atoms with Crippen LogP contribution < -0.4 is 5.32 Å². The summed E-state index contributed by atoms with van der Waals surface area (Å²) >= 11 is 7.00. The van der Waals surface area contributed by atoms with E-state index in [0.29, 0.717) is 11.6 Å². The van der Waals surface area contributed by atoms with Crippen molar-refractivity contribution in [3.8, 4) is 11.3 Å². The number of anilines is 1. The first-order valence-corrected chi connectivity index (χ1v) is 10.7. The van der Waals surface area contributed by atoms with Gasteiger partial charge in [0, 0.05) is 23.1 Å². The largest absolute Gasteiger partial charge is 0.451 e. The minimum Gasteiger partial charge on any atom is -0.451 e. The normalized spacial score (nSPS) is 11.5. The van der Waals surface area contributed by atoms with Crippen LogP contribution in [0, 0.1) is 6.92 Å². The van der Waals surface area contributed by atoms with Gasteiger partial charge in [-0.2, -0.15) is 13.2 Å². The predicted molar refractivity (Wildman–Crippen MR) is 118 cm³/mol. The molecule has 9 heteroatoms. The number of furan rings is 1. The molecule has 1 N–H and O–H groups in total. The van der Waals surface area contributed by atoms with E-state index in [9.17, 15) is 18.0 Å². The highest BCUT2D eigenvalue weighted by molar-refractivity contribution is 7.15. The number of rotatable bonds is 5. The lowest BCUT2D eigenvalue weighted by Crippen LogP contribution is -2.10. The van der Waals surface area contributed by atoms with E-state index in [1.807, 2.05) is 25.1 Å². The van der Waals surface area contributed by atoms with Crippen molar-refractivity contribution in [2.24, 2.45) is 0 Å². The Morgan fingerprint density at radius 1 is 1.16 bits per heavy atom. The summed E-state index contributed by atoms with van der Waals surface area (Å²) in [4.78, 5) is 17.7. The SMILES string of the molecule is Cc1cccc(Cc2cnc(NC(=O)c3ccc(-c4ccc(Cl)c(C(F)(F)F)c4)o3)s2)c1. The van der Waals surface area contributed by atoms with Crippen LogP contribution in [0.5, 0.6) is 0 Å². The monoisotopic (exact) mass is 476 g/mol. The zero-order chi connectivity index (χ0) is 22.9. The molecule has 2 aromatic carbocycles. The molecule has 32 heavy (non-hydrogen) atoms. The van der Waals surface area contributed by atoms with Crippen LogP contribution in [0.1, 0.15) is 32.1 Å². The topological polar surface area (TPSA) is 55.1 Å². The highest BCUT2D eigenvalue weighted by Gasteiger charge is 2.33. The number of carbonyl (C=O) groups excluding carboxylic acids is 1. The van der Waals surface area contributed by atoms with Crippen molar-refractivity contribution in [3.05, 3.63) is 93.1 Å². The summed E-state index contributed by atoms with van der Waals surface area (Å²) in [5, 5.41) is 2.66. The number of alkyl halides is 3. The second-order valence-corrected chi connectivity index (χ2v) is 8.63. The summed E-state index contributed by atoms with van der Waals surface area (Å²) in [6.07, 6.45) is -2.21. The molecule has 0 atom stereocenters. The number of hydrogen-bond acceptors (Lipinski definition) is 4. The van der Waals surface area contributed by atoms with E-state index < -0.39 is 22.7 Å². The molecule has 0 saturated heterocycles. The standard InChI is InChI=1S/C23H16ClF3N2O2S/c1-13-3-2-4-14(9-13)10-16-12-28-22(32-16)29-21(30)20-8-7-19(31-20)15-5-6-18(24)17(11-15)23(25,26)27/h2-9,11-12H,10H2,1H3,(H,28,29,30). The van der Waals surface area contributed by atoms with E-state index in [1.54, 1.807) is 6.20 Å². The van der Waals surface area contributed by atoms with Gasteiger partial charge < -0.3 is 4.42 Å². The van der Waals surface area contributed by atoms with Gasteiger partial charge in [0.15, 0.2) is 10.9 Å². The number of nitrogens with one attached hydrogen (secondary N) is 1. The van der Waals surface area contributed by atoms with Gasteiger partial charge in [0.25, 0.3) is 5.91 Å². The van der Waals surface area contributed by atoms with Gasteiger partial charge in [-0.25, -0.2) is 4.98 Å². The van der Waals surface area contributed by atoms with Crippen molar-refractivity contribution in [1.82, 2.24) is 4.98 Å². The molecule has 2 heterocycles. The second kappa shape index (κ2) is 8.80. The lowest BCUT2D eigenvalue weighted by molar-refractivity contribution is -0.137. The Balaban J connectivity index is 1.46. The predicted octanol–water partition coefficient (Wildman–Crippen LogP) is 7.23. The van der Waals surface area contributed by atoms with Crippen LogP contribution in [0.15, 0.2) is 65.2 Å². The third-order valence-electron chi connectivity index (χ3n) is 4.62. The average Bonchev–Trinajstić information content (AvgIpc) is 3.37. The second-order valence-electron chi connectivity index (χ2n) is 7.11. The van der Waals surface area contributed by atoms with E-state index in [4.69, 9.17) is 16.0 Å². The summed E-state index contributed by atoms with van der Waals surface area (Å²) < 4.78 is 44.8. The van der Waals surface area contributed by atoms with Crippen molar-refractivity contribution in [3.63, 3.8) is 0 Å². The highest BCUT2D eigenvalue weighted by atomic mass is 35.5. The average molecular weight is 477 g/mol. The van der Waals surface area contributed by atoms with Crippen molar-refractivity contribution in [1.29, 1.82) is 0 Å². The lowest BCUT2D eigenvalue weighted by Gasteiger charge is -2.09. The van der Waals surface area contributed by atoms with Gasteiger partial charge in [-0.3, -0.25) is 10.1 Å². The lowest BCUT2D eigenvalue weighted by atomic mass is 10.1. The van der Waals surface area contributed by atoms with Crippen molar-refractivity contribution in [2.75, 3.05) is 5.32 Å². The molecule has 1 amide bonds. The summed E-state index contributed by atoms with van der Waals surface area (Å²) in [5.41, 5.74) is 1.50. The number of thiazole rings is 1. The van der Waals surface area contributed by atoms with Crippen LogP contribution in [0.3, 0.4) is 0 Å². The molecule has 2 aromatic heterocycles. The Morgan fingerprint density at radius 2 is 1.97 bits per heavy atom. The zero-order valence-corrected chi connectivity index (χ0v) is 18.2. The molecule has 4 aromatic rings. The highest BCUT2D eigenvalue weighted by Crippen LogP contribution is 2.37. The maximum absolute atomic E-state index is 13.1. The van der Waals surface area contributed by atoms with Gasteiger partial charge in [0.05, 0.1) is 10.6 Å². The Hall–Kier alpha value is -3.10. The van der Waals surface area contributed by atoms with Crippen molar-refractivity contribution < 1.29 is 22.4 Å². The van der Waals surface area contributed by atoms with Gasteiger partial charge in [-0.15, -0.1) is 11.3 Å². The van der Waals surface area contributed by atoms with Crippen molar-refractivity contribution >= 4 is 34.0 Å². The quantitative estimate of drug-likeness (QED) is 0.330. The molecular formula is C23H16ClF3N2O2S. The number of nitrogens with zero attached hydrogens (tertiary/aromatic N) is 1. The number of hydrogen-bond donors (Lipinski definition) is 1. The van der Waals surface area contributed by atoms with E-state index in [-0.39, 0.29) is 17.1 Å². The Labute approximate surface area is 190 Å². The molecule has 0 aliphatic carbocycles. The van der Waals surface area contributed by atoms with Crippen LogP contribution in [-0.4, -0.2) is 10.9 Å². The van der Waals surface area contributed by atoms with E-state index in [2.05, 4.69) is 16.4 Å². The van der Waals surface area contributed by atoms with Gasteiger partial charge in [-0.1, -0.05) is 41.4 Å². The molecule has 0 unspecified atom stereocenters. The number of halogens is 4. The van der Waals surface area contributed by atoms with Gasteiger partial charge >= 0.3 is 6.18 Å². The maximum Gasteiger partial charge on any atom is 0.417 e. The molecular weight excluding hydrogens is 461 g/mol. The maximum atomic E-state index is 13.1. The summed E-state index contributed by atoms with van der Waals surface area (Å²) in [7, 11) is 0. The Kier molecular flexibility index (Phi) is 6.08. The first-order chi connectivity index (χ1) is 15.2.